The summed E-state index contributed by atoms with van der Waals surface area (Å²) in [7, 11) is -2.91. The van der Waals surface area contributed by atoms with Gasteiger partial charge in [0, 0.05) is 19.0 Å². The highest BCUT2D eigenvalue weighted by Gasteiger charge is 2.03. The molecule has 4 nitrogen and oxygen atoms in total. The third-order valence-corrected chi connectivity index (χ3v) is 3.11. The van der Waals surface area contributed by atoms with E-state index in [9.17, 15) is 8.42 Å². The molecule has 0 atom stereocenters. The average Bonchev–Trinajstić information content (AvgIpc) is 2.06. The SMILES string of the molecule is CS(=O)(=O)CCNc1ncccc1Br. The third-order valence-electron chi connectivity index (χ3n) is 1.52. The highest BCUT2D eigenvalue weighted by atomic mass is 79.9. The Labute approximate surface area is 91.8 Å². The van der Waals surface area contributed by atoms with Crippen LogP contribution in [0.5, 0.6) is 0 Å². The predicted molar refractivity (Wildman–Crippen MR) is 60.1 cm³/mol. The normalized spacial score (nSPS) is 11.3. The van der Waals surface area contributed by atoms with Gasteiger partial charge in [0.2, 0.25) is 0 Å². The molecule has 6 heteroatoms. The number of aromatic nitrogens is 1. The molecular formula is C8H11BrN2O2S. The number of pyridine rings is 1. The number of nitrogens with zero attached hydrogens (tertiary/aromatic N) is 1. The molecule has 78 valence electrons. The number of hydrogen-bond donors (Lipinski definition) is 1. The maximum Gasteiger partial charge on any atom is 0.149 e. The van der Waals surface area contributed by atoms with E-state index in [4.69, 9.17) is 0 Å². The molecule has 0 aliphatic rings. The Morgan fingerprint density at radius 3 is 2.86 bits per heavy atom. The van der Waals surface area contributed by atoms with Crippen molar-refractivity contribution >= 4 is 31.6 Å². The molecular weight excluding hydrogens is 268 g/mol. The number of halogens is 1. The lowest BCUT2D eigenvalue weighted by molar-refractivity contribution is 0.602. The lowest BCUT2D eigenvalue weighted by atomic mass is 10.4. The van der Waals surface area contributed by atoms with Crippen LogP contribution in [-0.4, -0.2) is 32.0 Å². The topological polar surface area (TPSA) is 59.1 Å². The third kappa shape index (κ3) is 4.06. The Bertz CT molecular complexity index is 406. The summed E-state index contributed by atoms with van der Waals surface area (Å²) in [5.74, 6) is 0.770. The van der Waals surface area contributed by atoms with Gasteiger partial charge in [0.05, 0.1) is 10.2 Å². The molecule has 1 rings (SSSR count). The van der Waals surface area contributed by atoms with Crippen molar-refractivity contribution in [3.63, 3.8) is 0 Å². The lowest BCUT2D eigenvalue weighted by Gasteiger charge is -2.05. The second-order valence-corrected chi connectivity index (χ2v) is 6.00. The van der Waals surface area contributed by atoms with E-state index in [1.165, 1.54) is 6.26 Å². The molecule has 1 aromatic rings. The molecule has 0 spiro atoms. The van der Waals surface area contributed by atoms with Crippen molar-refractivity contribution in [1.29, 1.82) is 0 Å². The summed E-state index contributed by atoms with van der Waals surface area (Å²) >= 11 is 3.30. The fourth-order valence-corrected chi connectivity index (χ4v) is 1.74. The smallest absolute Gasteiger partial charge is 0.149 e. The summed E-state index contributed by atoms with van der Waals surface area (Å²) in [4.78, 5) is 4.05. The minimum atomic E-state index is -2.91. The minimum Gasteiger partial charge on any atom is -0.368 e. The summed E-state index contributed by atoms with van der Waals surface area (Å²) < 4.78 is 22.5. The van der Waals surface area contributed by atoms with Crippen molar-refractivity contribution in [3.05, 3.63) is 22.8 Å². The Morgan fingerprint density at radius 1 is 1.57 bits per heavy atom. The Balaban J connectivity index is 2.51. The van der Waals surface area contributed by atoms with E-state index in [2.05, 4.69) is 26.2 Å². The molecule has 0 radical (unpaired) electrons. The first-order valence-electron chi connectivity index (χ1n) is 4.01. The van der Waals surface area contributed by atoms with E-state index in [1.807, 2.05) is 6.07 Å². The largest absolute Gasteiger partial charge is 0.368 e. The van der Waals surface area contributed by atoms with E-state index in [0.717, 1.165) is 4.47 Å². The molecule has 0 unspecified atom stereocenters. The van der Waals surface area contributed by atoms with Crippen molar-refractivity contribution in [3.8, 4) is 0 Å². The van der Waals surface area contributed by atoms with Gasteiger partial charge in [-0.25, -0.2) is 13.4 Å². The summed E-state index contributed by atoms with van der Waals surface area (Å²) in [6, 6.07) is 3.64. The van der Waals surface area contributed by atoms with Crippen LogP contribution in [0.4, 0.5) is 5.82 Å². The fraction of sp³-hybridized carbons (Fsp3) is 0.375. The number of anilines is 1. The van der Waals surface area contributed by atoms with Gasteiger partial charge in [0.15, 0.2) is 0 Å². The lowest BCUT2D eigenvalue weighted by Crippen LogP contribution is -2.14. The molecule has 0 aliphatic heterocycles. The first-order valence-corrected chi connectivity index (χ1v) is 6.86. The quantitative estimate of drug-likeness (QED) is 0.902. The van der Waals surface area contributed by atoms with Gasteiger partial charge in [-0.3, -0.25) is 0 Å². The van der Waals surface area contributed by atoms with Gasteiger partial charge in [-0.15, -0.1) is 0 Å². The maximum atomic E-state index is 10.8. The molecule has 0 saturated heterocycles. The van der Waals surface area contributed by atoms with Crippen LogP contribution in [0.2, 0.25) is 0 Å². The van der Waals surface area contributed by atoms with Gasteiger partial charge in [0.1, 0.15) is 15.7 Å². The molecule has 14 heavy (non-hydrogen) atoms. The zero-order chi connectivity index (χ0) is 10.6. The molecule has 1 N–H and O–H groups in total. The first kappa shape index (κ1) is 11.5. The summed E-state index contributed by atoms with van der Waals surface area (Å²) in [5, 5.41) is 2.93. The van der Waals surface area contributed by atoms with Gasteiger partial charge in [-0.2, -0.15) is 0 Å². The van der Waals surface area contributed by atoms with E-state index < -0.39 is 9.84 Å². The van der Waals surface area contributed by atoms with Crippen LogP contribution < -0.4 is 5.32 Å². The second kappa shape index (κ2) is 4.75. The molecule has 0 saturated carbocycles. The maximum absolute atomic E-state index is 10.8. The monoisotopic (exact) mass is 278 g/mol. The molecule has 0 bridgehead atoms. The van der Waals surface area contributed by atoms with Crippen molar-refractivity contribution in [1.82, 2.24) is 4.98 Å². The van der Waals surface area contributed by atoms with Crippen LogP contribution in [-0.2, 0) is 9.84 Å². The predicted octanol–water partition coefficient (Wildman–Crippen LogP) is 1.30. The highest BCUT2D eigenvalue weighted by molar-refractivity contribution is 9.10. The van der Waals surface area contributed by atoms with Crippen LogP contribution in [0.15, 0.2) is 22.8 Å². The zero-order valence-corrected chi connectivity index (χ0v) is 10.1. The molecule has 0 aliphatic carbocycles. The molecule has 0 amide bonds. The van der Waals surface area contributed by atoms with E-state index in [0.29, 0.717) is 12.4 Å². The standard InChI is InChI=1S/C8H11BrN2O2S/c1-14(12,13)6-5-11-8-7(9)3-2-4-10-8/h2-4H,5-6H2,1H3,(H,10,11). The van der Waals surface area contributed by atoms with Crippen LogP contribution in [0.25, 0.3) is 0 Å². The summed E-state index contributed by atoms with van der Waals surface area (Å²) in [6.45, 7) is 0.369. The summed E-state index contributed by atoms with van der Waals surface area (Å²) in [5.41, 5.74) is 0. The Morgan fingerprint density at radius 2 is 2.29 bits per heavy atom. The van der Waals surface area contributed by atoms with Crippen molar-refractivity contribution in [2.24, 2.45) is 0 Å². The average molecular weight is 279 g/mol. The zero-order valence-electron chi connectivity index (χ0n) is 7.70. The van der Waals surface area contributed by atoms with Crippen LogP contribution in [0.3, 0.4) is 0 Å². The summed E-state index contributed by atoms with van der Waals surface area (Å²) in [6.07, 6.45) is 2.86. The van der Waals surface area contributed by atoms with Crippen molar-refractivity contribution in [2.75, 3.05) is 23.9 Å². The van der Waals surface area contributed by atoms with Crippen molar-refractivity contribution in [2.45, 2.75) is 0 Å². The van der Waals surface area contributed by atoms with Crippen LogP contribution >= 0.6 is 15.9 Å². The second-order valence-electron chi connectivity index (χ2n) is 2.89. The van der Waals surface area contributed by atoms with Gasteiger partial charge in [-0.1, -0.05) is 0 Å². The molecule has 0 aromatic carbocycles. The van der Waals surface area contributed by atoms with Gasteiger partial charge in [-0.05, 0) is 28.1 Å². The molecule has 1 aromatic heterocycles. The van der Waals surface area contributed by atoms with Crippen molar-refractivity contribution < 1.29 is 8.42 Å². The van der Waals surface area contributed by atoms with Gasteiger partial charge < -0.3 is 5.32 Å². The van der Waals surface area contributed by atoms with Crippen LogP contribution in [0.1, 0.15) is 0 Å². The minimum absolute atomic E-state index is 0.107. The first-order chi connectivity index (χ1) is 6.49. The number of rotatable bonds is 4. The number of sulfone groups is 1. The van der Waals surface area contributed by atoms with Gasteiger partial charge in [0.25, 0.3) is 0 Å². The Kier molecular flexibility index (Phi) is 3.88. The van der Waals surface area contributed by atoms with E-state index in [-0.39, 0.29) is 5.75 Å². The molecule has 0 fully saturated rings. The fourth-order valence-electron chi connectivity index (χ4n) is 0.871. The number of hydrogen-bond acceptors (Lipinski definition) is 4. The Hall–Kier alpha value is -0.620. The molecule has 1 heterocycles. The van der Waals surface area contributed by atoms with E-state index in [1.54, 1.807) is 12.3 Å². The highest BCUT2D eigenvalue weighted by Crippen LogP contribution is 2.17. The number of nitrogens with one attached hydrogen (secondary N) is 1. The van der Waals surface area contributed by atoms with E-state index >= 15 is 0 Å². The van der Waals surface area contributed by atoms with Crippen LogP contribution in [0, 0.1) is 0 Å². The van der Waals surface area contributed by atoms with Gasteiger partial charge >= 0.3 is 0 Å².